The van der Waals surface area contributed by atoms with Crippen molar-refractivity contribution in [1.29, 1.82) is 0 Å². The van der Waals surface area contributed by atoms with Gasteiger partial charge in [0, 0.05) is 33.0 Å². The zero-order valence-corrected chi connectivity index (χ0v) is 10.3. The fraction of sp³-hybridized carbons (Fsp3) is 0.818. The van der Waals surface area contributed by atoms with E-state index >= 15 is 0 Å². The van der Waals surface area contributed by atoms with E-state index in [-0.39, 0.29) is 25.4 Å². The maximum absolute atomic E-state index is 11.6. The third-order valence-electron chi connectivity index (χ3n) is 2.61. The first kappa shape index (κ1) is 12.0. The summed E-state index contributed by atoms with van der Waals surface area (Å²) in [4.78, 5) is 22.6. The summed E-state index contributed by atoms with van der Waals surface area (Å²) >= 11 is 0. The minimum atomic E-state index is -1.43. The highest BCUT2D eigenvalue weighted by molar-refractivity contribution is 6.11. The van der Waals surface area contributed by atoms with E-state index in [9.17, 15) is 9.59 Å². The van der Waals surface area contributed by atoms with Gasteiger partial charge in [0.15, 0.2) is 0 Å². The first-order chi connectivity index (χ1) is 9.42. The van der Waals surface area contributed by atoms with Crippen LogP contribution in [0.15, 0.2) is 0 Å². The average Bonchev–Trinajstić information content (AvgIpc) is 2.73. The van der Waals surface area contributed by atoms with Crippen molar-refractivity contribution in [1.82, 2.24) is 5.32 Å². The second kappa shape index (κ2) is 7.38. The third-order valence-corrected chi connectivity index (χ3v) is 2.61. The molecule has 1 heterocycles. The quantitative estimate of drug-likeness (QED) is 0.506. The summed E-state index contributed by atoms with van der Waals surface area (Å²) in [5, 5.41) is 2.41. The van der Waals surface area contributed by atoms with E-state index in [4.69, 9.17) is 24.8 Å². The van der Waals surface area contributed by atoms with Crippen LogP contribution in [0.3, 0.4) is 0 Å². The van der Waals surface area contributed by atoms with Crippen LogP contribution in [-0.2, 0) is 23.8 Å². The molecule has 1 saturated heterocycles. The zero-order chi connectivity index (χ0) is 15.1. The molecule has 6 nitrogen and oxygen atoms in total. The maximum atomic E-state index is 11.6. The minimum absolute atomic E-state index is 0.0293. The predicted molar refractivity (Wildman–Crippen MR) is 64.1 cm³/mol. The average molecular weight is 258 g/mol. The van der Waals surface area contributed by atoms with E-state index in [0.717, 1.165) is 0 Å². The lowest BCUT2D eigenvalue weighted by molar-refractivity contribution is -0.154. The van der Waals surface area contributed by atoms with Gasteiger partial charge in [0.05, 0.1) is 15.8 Å². The summed E-state index contributed by atoms with van der Waals surface area (Å²) in [7, 11) is 5.67. The number of hydrogen-bond acceptors (Lipinski definition) is 5. The van der Waals surface area contributed by atoms with Crippen molar-refractivity contribution in [3.05, 3.63) is 0 Å². The first-order valence-corrected chi connectivity index (χ1v) is 5.69. The van der Waals surface area contributed by atoms with Crippen LogP contribution < -0.4 is 5.32 Å². The molecular weight excluding hydrogens is 237 g/mol. The number of esters is 1. The Morgan fingerprint density at radius 1 is 1.67 bits per heavy atom. The van der Waals surface area contributed by atoms with Crippen molar-refractivity contribution in [3.8, 4) is 0 Å². The maximum Gasteiger partial charge on any atom is 0.306 e. The van der Waals surface area contributed by atoms with Crippen molar-refractivity contribution in [2.45, 2.75) is 37.5 Å². The highest BCUT2D eigenvalue weighted by atomic mass is 16.6. The summed E-state index contributed by atoms with van der Waals surface area (Å²) < 4.78 is 29.2. The number of methoxy groups -OCH3 is 1. The Hall–Kier alpha value is -1.08. The molecule has 1 amide bonds. The summed E-state index contributed by atoms with van der Waals surface area (Å²) in [6.45, 7) is -0.0429. The Morgan fingerprint density at radius 3 is 3.11 bits per heavy atom. The van der Waals surface area contributed by atoms with Crippen molar-refractivity contribution in [2.75, 3.05) is 20.7 Å². The van der Waals surface area contributed by atoms with Gasteiger partial charge in [0.2, 0.25) is 5.91 Å². The van der Waals surface area contributed by atoms with E-state index in [1.54, 1.807) is 0 Å². The van der Waals surface area contributed by atoms with Crippen molar-refractivity contribution >= 4 is 19.7 Å². The molecule has 100 valence electrons. The standard InChI is InChI=1S/C11H18BNO5/c1-13-10(14)3-4-11(15)18-7-5-9(12)17-8(7)6-16-2/h7-9H,3-6H2,1-2H3,(H,13,14)/t7?,8-,9-/m0/s1/i2TD/t2?,7?,8-,9-. The molecule has 2 radical (unpaired) electrons. The fourth-order valence-electron chi connectivity index (χ4n) is 1.68. The monoisotopic (exact) mass is 258 g/mol. The molecule has 0 aromatic rings. The normalized spacial score (nSPS) is 30.2. The summed E-state index contributed by atoms with van der Waals surface area (Å²) in [5.74, 6) is -0.762. The van der Waals surface area contributed by atoms with Gasteiger partial charge < -0.3 is 19.5 Å². The van der Waals surface area contributed by atoms with Crippen LogP contribution in [0.4, 0.5) is 0 Å². The molecule has 4 atom stereocenters. The number of ether oxygens (including phenoxy) is 3. The lowest BCUT2D eigenvalue weighted by atomic mass is 9.96. The topological polar surface area (TPSA) is 73.9 Å². The van der Waals surface area contributed by atoms with Crippen LogP contribution >= 0.6 is 0 Å². The van der Waals surface area contributed by atoms with Gasteiger partial charge >= 0.3 is 5.97 Å². The van der Waals surface area contributed by atoms with Gasteiger partial charge in [-0.2, -0.15) is 0 Å². The summed E-state index contributed by atoms with van der Waals surface area (Å²) in [6, 6.07) is -0.574. The third kappa shape index (κ3) is 4.66. The van der Waals surface area contributed by atoms with Gasteiger partial charge in [-0.3, -0.25) is 9.59 Å². The minimum Gasteiger partial charge on any atom is -0.459 e. The van der Waals surface area contributed by atoms with E-state index in [2.05, 4.69) is 5.32 Å². The van der Waals surface area contributed by atoms with Crippen LogP contribution in [0.5, 0.6) is 0 Å². The summed E-state index contributed by atoms with van der Waals surface area (Å²) in [6.07, 6.45) is -0.829. The molecule has 1 aliphatic rings. The van der Waals surface area contributed by atoms with Crippen LogP contribution in [0.2, 0.25) is 0 Å². The van der Waals surface area contributed by atoms with Gasteiger partial charge in [-0.1, -0.05) is 0 Å². The van der Waals surface area contributed by atoms with Gasteiger partial charge in [-0.15, -0.1) is 0 Å². The Bertz CT molecular complexity index is 345. The second-order valence-electron chi connectivity index (χ2n) is 3.98. The molecule has 1 N–H and O–H groups in total. The molecule has 0 aliphatic carbocycles. The molecule has 1 fully saturated rings. The zero-order valence-electron chi connectivity index (χ0n) is 12.3. The Kier molecular flexibility index (Phi) is 4.91. The molecule has 7 heteroatoms. The highest BCUT2D eigenvalue weighted by Gasteiger charge is 2.35. The molecule has 1 aliphatic heterocycles. The van der Waals surface area contributed by atoms with Crippen LogP contribution in [-0.4, -0.2) is 58.7 Å². The van der Waals surface area contributed by atoms with E-state index in [1.165, 1.54) is 7.05 Å². The lowest BCUT2D eigenvalue weighted by Crippen LogP contribution is -2.31. The first-order valence-electron chi connectivity index (χ1n) is 6.85. The Balaban J connectivity index is 2.38. The van der Waals surface area contributed by atoms with Crippen molar-refractivity contribution in [3.63, 3.8) is 0 Å². The molecule has 0 saturated carbocycles. The van der Waals surface area contributed by atoms with Crippen LogP contribution in [0.25, 0.3) is 0 Å². The molecule has 0 aromatic heterocycles. The summed E-state index contributed by atoms with van der Waals surface area (Å²) in [5.41, 5.74) is 0. The van der Waals surface area contributed by atoms with Gasteiger partial charge in [0.25, 0.3) is 0 Å². The Labute approximate surface area is 111 Å². The van der Waals surface area contributed by atoms with E-state index in [0.29, 0.717) is 6.42 Å². The highest BCUT2D eigenvalue weighted by Crippen LogP contribution is 2.22. The molecule has 18 heavy (non-hydrogen) atoms. The molecular formula is C11H18BNO5. The van der Waals surface area contributed by atoms with Crippen molar-refractivity contribution in [2.24, 2.45) is 0 Å². The number of amides is 1. The second-order valence-corrected chi connectivity index (χ2v) is 3.98. The van der Waals surface area contributed by atoms with E-state index in [1.807, 2.05) is 0 Å². The lowest BCUT2D eigenvalue weighted by Gasteiger charge is -2.18. The molecule has 0 bridgehead atoms. The van der Waals surface area contributed by atoms with Crippen molar-refractivity contribution < 1.29 is 26.5 Å². The molecule has 1 rings (SSSR count). The SMILES string of the molecule is [2H]C([3H])OC[C@@H]1O[C@H]([B])CC1OC(=O)CCC(=O)NC. The molecule has 0 spiro atoms. The van der Waals surface area contributed by atoms with Crippen LogP contribution in [0, 0.1) is 0 Å². The number of hydrogen-bond donors (Lipinski definition) is 1. The predicted octanol–water partition coefficient (Wildman–Crippen LogP) is -0.646. The smallest absolute Gasteiger partial charge is 0.306 e. The number of nitrogens with one attached hydrogen (secondary N) is 1. The van der Waals surface area contributed by atoms with Crippen LogP contribution in [0.1, 0.15) is 22.0 Å². The number of carbonyl (C=O) groups is 2. The molecule has 0 aromatic carbocycles. The van der Waals surface area contributed by atoms with E-state index < -0.39 is 31.2 Å². The van der Waals surface area contributed by atoms with Gasteiger partial charge in [-0.05, 0) is 0 Å². The number of rotatable bonds is 6. The number of carbonyl (C=O) groups excluding carboxylic acids is 2. The Morgan fingerprint density at radius 2 is 2.44 bits per heavy atom. The van der Waals surface area contributed by atoms with Gasteiger partial charge in [0.1, 0.15) is 20.1 Å². The fourth-order valence-corrected chi connectivity index (χ4v) is 1.68. The largest absolute Gasteiger partial charge is 0.459 e. The molecule has 2 unspecified atom stereocenters. The van der Waals surface area contributed by atoms with Gasteiger partial charge in [-0.25, -0.2) is 0 Å².